The van der Waals surface area contributed by atoms with Crippen LogP contribution in [0.5, 0.6) is 0 Å². The van der Waals surface area contributed by atoms with Crippen molar-refractivity contribution in [1.82, 2.24) is 0 Å². The zero-order valence-corrected chi connectivity index (χ0v) is 21.5. The van der Waals surface area contributed by atoms with Crippen LogP contribution in [0.4, 0.5) is 0 Å². The minimum Gasteiger partial charge on any atom is -0.375 e. The molecule has 4 heteroatoms. The van der Waals surface area contributed by atoms with Gasteiger partial charge in [-0.2, -0.15) is 0 Å². The van der Waals surface area contributed by atoms with Crippen LogP contribution in [0.3, 0.4) is 0 Å². The number of ether oxygens (including phenoxy) is 2. The molecule has 0 aromatic heterocycles. The lowest BCUT2D eigenvalue weighted by Crippen LogP contribution is -2.33. The summed E-state index contributed by atoms with van der Waals surface area (Å²) in [5.74, 6) is 2.27. The first-order chi connectivity index (χ1) is 14.0. The van der Waals surface area contributed by atoms with Gasteiger partial charge < -0.3 is 9.47 Å². The molecule has 2 aliphatic heterocycles. The topological polar surface area (TPSA) is 18.5 Å². The van der Waals surface area contributed by atoms with Gasteiger partial charge in [-0.15, -0.1) is 23.2 Å². The third kappa shape index (κ3) is 4.87. The summed E-state index contributed by atoms with van der Waals surface area (Å²) in [5, 5.41) is 0.416. The zero-order valence-electron chi connectivity index (χ0n) is 20.0. The van der Waals surface area contributed by atoms with Crippen LogP contribution in [0.25, 0.3) is 0 Å². The van der Waals surface area contributed by atoms with Gasteiger partial charge in [-0.3, -0.25) is 0 Å². The Morgan fingerprint density at radius 2 is 1.50 bits per heavy atom. The van der Waals surface area contributed by atoms with Gasteiger partial charge in [0.25, 0.3) is 0 Å². The minimum atomic E-state index is 0.189. The van der Waals surface area contributed by atoms with E-state index in [1.54, 1.807) is 0 Å². The Bertz CT molecular complexity index is 600. The normalized spacial score (nSPS) is 46.8. The Morgan fingerprint density at radius 3 is 2.17 bits per heavy atom. The van der Waals surface area contributed by atoms with E-state index in [1.807, 2.05) is 0 Å². The monoisotopic (exact) mass is 458 g/mol. The van der Waals surface area contributed by atoms with Gasteiger partial charge in [-0.05, 0) is 68.1 Å². The second-order valence-corrected chi connectivity index (χ2v) is 14.0. The first kappa shape index (κ1) is 23.7. The number of rotatable bonds is 5. The van der Waals surface area contributed by atoms with Crippen molar-refractivity contribution < 1.29 is 9.47 Å². The van der Waals surface area contributed by atoms with Gasteiger partial charge in [0.15, 0.2) is 0 Å². The van der Waals surface area contributed by atoms with Crippen molar-refractivity contribution in [2.75, 3.05) is 0 Å². The van der Waals surface area contributed by atoms with E-state index in [-0.39, 0.29) is 27.7 Å². The molecular formula is C26H44Cl2O2. The second-order valence-electron chi connectivity index (χ2n) is 13.0. The Hall–Kier alpha value is 0.500. The van der Waals surface area contributed by atoms with Gasteiger partial charge in [0.2, 0.25) is 0 Å². The summed E-state index contributed by atoms with van der Waals surface area (Å²) < 4.78 is 12.9. The summed E-state index contributed by atoms with van der Waals surface area (Å²) in [6.07, 6.45) is 10.9. The predicted octanol–water partition coefficient (Wildman–Crippen LogP) is 7.44. The molecule has 0 aromatic rings. The zero-order chi connectivity index (χ0) is 21.8. The largest absolute Gasteiger partial charge is 0.375 e. The Kier molecular flexibility index (Phi) is 6.85. The molecule has 2 nitrogen and oxygen atoms in total. The molecule has 2 aliphatic carbocycles. The predicted molar refractivity (Wildman–Crippen MR) is 126 cm³/mol. The van der Waals surface area contributed by atoms with Crippen molar-refractivity contribution in [2.45, 2.75) is 128 Å². The molecular weight excluding hydrogens is 415 g/mol. The number of halogens is 2. The van der Waals surface area contributed by atoms with Crippen LogP contribution in [0.15, 0.2) is 0 Å². The third-order valence-corrected chi connectivity index (χ3v) is 9.81. The van der Waals surface area contributed by atoms with Gasteiger partial charge in [0, 0.05) is 17.2 Å². The van der Waals surface area contributed by atoms with E-state index in [0.29, 0.717) is 42.0 Å². The smallest absolute Gasteiger partial charge is 0.0751 e. The van der Waals surface area contributed by atoms with Gasteiger partial charge >= 0.3 is 0 Å². The fourth-order valence-corrected chi connectivity index (χ4v) is 8.33. The highest BCUT2D eigenvalue weighted by Gasteiger charge is 2.55. The summed E-state index contributed by atoms with van der Waals surface area (Å²) in [6.45, 7) is 14.0. The first-order valence-corrected chi connectivity index (χ1v) is 13.4. The van der Waals surface area contributed by atoms with Gasteiger partial charge in [0.1, 0.15) is 0 Å². The van der Waals surface area contributed by atoms with E-state index in [1.165, 1.54) is 38.5 Å². The third-order valence-electron chi connectivity index (χ3n) is 8.56. The SMILES string of the molecule is CC1OC(CC(C)(C)C)C2C(Cl)C(CC(C)(C)CC3OC4CCCCC4C3Cl)CC12. The fraction of sp³-hybridized carbons (Fsp3) is 1.00. The maximum Gasteiger partial charge on any atom is 0.0751 e. The Labute approximate surface area is 195 Å². The summed E-state index contributed by atoms with van der Waals surface area (Å²) in [6, 6.07) is 0. The summed E-state index contributed by atoms with van der Waals surface area (Å²) in [5.41, 5.74) is 0.477. The minimum absolute atomic E-state index is 0.189. The lowest BCUT2D eigenvalue weighted by atomic mass is 9.75. The van der Waals surface area contributed by atoms with Crippen LogP contribution in [0.2, 0.25) is 0 Å². The van der Waals surface area contributed by atoms with Crippen molar-refractivity contribution in [3.05, 3.63) is 0 Å². The highest BCUT2D eigenvalue weighted by molar-refractivity contribution is 6.21. The molecule has 4 rings (SSSR count). The highest BCUT2D eigenvalue weighted by atomic mass is 35.5. The lowest BCUT2D eigenvalue weighted by Gasteiger charge is -2.34. The molecule has 0 amide bonds. The van der Waals surface area contributed by atoms with Crippen molar-refractivity contribution >= 4 is 23.2 Å². The molecule has 4 aliphatic rings. The molecule has 30 heavy (non-hydrogen) atoms. The maximum absolute atomic E-state index is 7.18. The average Bonchev–Trinajstić information content (AvgIpc) is 3.21. The quantitative estimate of drug-likeness (QED) is 0.398. The molecule has 2 heterocycles. The van der Waals surface area contributed by atoms with E-state index in [4.69, 9.17) is 32.7 Å². The van der Waals surface area contributed by atoms with Crippen molar-refractivity contribution in [3.8, 4) is 0 Å². The van der Waals surface area contributed by atoms with Crippen LogP contribution in [0.1, 0.15) is 92.9 Å². The summed E-state index contributed by atoms with van der Waals surface area (Å²) >= 11 is 14.1. The van der Waals surface area contributed by atoms with E-state index < -0.39 is 0 Å². The van der Waals surface area contributed by atoms with Gasteiger partial charge in [-0.25, -0.2) is 0 Å². The highest BCUT2D eigenvalue weighted by Crippen LogP contribution is 2.55. The van der Waals surface area contributed by atoms with E-state index >= 15 is 0 Å². The first-order valence-electron chi connectivity index (χ1n) is 12.5. The molecule has 10 atom stereocenters. The molecule has 0 bridgehead atoms. The van der Waals surface area contributed by atoms with Crippen LogP contribution in [0, 0.1) is 34.5 Å². The molecule has 0 N–H and O–H groups in total. The molecule has 0 aromatic carbocycles. The maximum atomic E-state index is 7.18. The summed E-state index contributed by atoms with van der Waals surface area (Å²) in [7, 11) is 0. The molecule has 2 saturated carbocycles. The van der Waals surface area contributed by atoms with Crippen LogP contribution in [-0.2, 0) is 9.47 Å². The van der Waals surface area contributed by atoms with Crippen molar-refractivity contribution in [2.24, 2.45) is 34.5 Å². The van der Waals surface area contributed by atoms with Crippen molar-refractivity contribution in [1.29, 1.82) is 0 Å². The average molecular weight is 460 g/mol. The Balaban J connectivity index is 1.38. The summed E-state index contributed by atoms with van der Waals surface area (Å²) in [4.78, 5) is 0. The van der Waals surface area contributed by atoms with E-state index in [2.05, 4.69) is 41.5 Å². The van der Waals surface area contributed by atoms with Gasteiger partial charge in [-0.1, -0.05) is 47.5 Å². The van der Waals surface area contributed by atoms with Crippen LogP contribution >= 0.6 is 23.2 Å². The van der Waals surface area contributed by atoms with Gasteiger partial charge in [0.05, 0.1) is 29.8 Å². The number of fused-ring (bicyclic) bond motifs is 2. The lowest BCUT2D eigenvalue weighted by molar-refractivity contribution is -0.00613. The van der Waals surface area contributed by atoms with Crippen LogP contribution in [-0.4, -0.2) is 35.2 Å². The van der Waals surface area contributed by atoms with E-state index in [9.17, 15) is 0 Å². The number of alkyl halides is 2. The van der Waals surface area contributed by atoms with Crippen LogP contribution < -0.4 is 0 Å². The molecule has 10 unspecified atom stereocenters. The molecule has 0 radical (unpaired) electrons. The fourth-order valence-electron chi connectivity index (χ4n) is 7.36. The second kappa shape index (κ2) is 8.69. The molecule has 174 valence electrons. The molecule has 2 saturated heterocycles. The standard InChI is InChI=1S/C26H44Cl2O2/c1-15-18-11-16(23(27)22(18)20(29-15)13-25(2,3)4)12-26(5,6)14-21-24(28)17-9-7-8-10-19(17)30-21/h15-24H,7-14H2,1-6H3. The number of hydrogen-bond donors (Lipinski definition) is 0. The molecule has 4 fully saturated rings. The van der Waals surface area contributed by atoms with E-state index in [0.717, 1.165) is 12.8 Å². The Morgan fingerprint density at radius 1 is 0.800 bits per heavy atom. The number of hydrogen-bond acceptors (Lipinski definition) is 2. The molecule has 0 spiro atoms. The van der Waals surface area contributed by atoms with Crippen molar-refractivity contribution in [3.63, 3.8) is 0 Å².